The molecule has 1 aliphatic heterocycles. The Balaban J connectivity index is 2.08. The number of carbonyl (C=O) groups excluding carboxylic acids is 1. The van der Waals surface area contributed by atoms with E-state index >= 15 is 0 Å². The predicted molar refractivity (Wildman–Crippen MR) is 76.8 cm³/mol. The molecule has 0 aliphatic carbocycles. The van der Waals surface area contributed by atoms with Crippen molar-refractivity contribution in [2.75, 3.05) is 26.7 Å². The average Bonchev–Trinajstić information content (AvgIpc) is 2.77. The smallest absolute Gasteiger partial charge is 0.255 e. The Hall–Kier alpha value is -0.870. The van der Waals surface area contributed by atoms with Gasteiger partial charge in [0, 0.05) is 17.6 Å². The first kappa shape index (κ1) is 13.6. The Morgan fingerprint density at radius 2 is 2.33 bits per heavy atom. The van der Waals surface area contributed by atoms with Crippen molar-refractivity contribution in [3.05, 3.63) is 33.8 Å². The van der Waals surface area contributed by atoms with E-state index in [-0.39, 0.29) is 5.91 Å². The Morgan fingerprint density at radius 1 is 1.56 bits per heavy atom. The van der Waals surface area contributed by atoms with Gasteiger partial charge in [0.05, 0.1) is 5.56 Å². The number of carbonyl (C=O) groups is 1. The third-order valence-electron chi connectivity index (χ3n) is 3.42. The summed E-state index contributed by atoms with van der Waals surface area (Å²) in [6.07, 6.45) is 1.09. The molecular weight excluding hydrogens is 292 g/mol. The summed E-state index contributed by atoms with van der Waals surface area (Å²) in [6, 6.07) is 5.89. The molecule has 1 saturated heterocycles. The standard InChI is InChI=1S/C14H19BrN2O/c1-10-3-4-12(13(15)7-10)14(18)17-6-5-11(9-17)8-16-2/h3-4,7,11,16H,5-6,8-9H2,1-2H3. The van der Waals surface area contributed by atoms with Gasteiger partial charge in [0.2, 0.25) is 0 Å². The fourth-order valence-corrected chi connectivity index (χ4v) is 3.10. The molecule has 4 heteroatoms. The summed E-state index contributed by atoms with van der Waals surface area (Å²) >= 11 is 3.48. The summed E-state index contributed by atoms with van der Waals surface area (Å²) < 4.78 is 0.893. The minimum Gasteiger partial charge on any atom is -0.338 e. The summed E-state index contributed by atoms with van der Waals surface area (Å²) in [5, 5.41) is 3.18. The maximum absolute atomic E-state index is 12.4. The van der Waals surface area contributed by atoms with Crippen molar-refractivity contribution >= 4 is 21.8 Å². The van der Waals surface area contributed by atoms with Crippen LogP contribution in [-0.4, -0.2) is 37.5 Å². The highest BCUT2D eigenvalue weighted by Crippen LogP contribution is 2.23. The number of halogens is 1. The highest BCUT2D eigenvalue weighted by molar-refractivity contribution is 9.10. The number of hydrogen-bond donors (Lipinski definition) is 1. The average molecular weight is 311 g/mol. The maximum atomic E-state index is 12.4. The SMILES string of the molecule is CNCC1CCN(C(=O)c2ccc(C)cc2Br)C1. The van der Waals surface area contributed by atoms with Crippen LogP contribution < -0.4 is 5.32 Å². The van der Waals surface area contributed by atoms with Crippen LogP contribution in [0.4, 0.5) is 0 Å². The molecule has 0 saturated carbocycles. The Labute approximate surface area is 117 Å². The Bertz CT molecular complexity index is 447. The van der Waals surface area contributed by atoms with E-state index in [2.05, 4.69) is 21.2 Å². The highest BCUT2D eigenvalue weighted by Gasteiger charge is 2.27. The van der Waals surface area contributed by atoms with E-state index in [9.17, 15) is 4.79 Å². The third kappa shape index (κ3) is 2.93. The number of rotatable bonds is 3. The molecule has 0 bridgehead atoms. The summed E-state index contributed by atoms with van der Waals surface area (Å²) in [6.45, 7) is 4.74. The van der Waals surface area contributed by atoms with E-state index < -0.39 is 0 Å². The molecular formula is C14H19BrN2O. The van der Waals surface area contributed by atoms with Crippen LogP contribution in [0.3, 0.4) is 0 Å². The van der Waals surface area contributed by atoms with Crippen LogP contribution in [0.25, 0.3) is 0 Å². The van der Waals surface area contributed by atoms with Crippen LogP contribution in [0.1, 0.15) is 22.3 Å². The molecule has 1 aromatic carbocycles. The van der Waals surface area contributed by atoms with Crippen LogP contribution in [0.2, 0.25) is 0 Å². The molecule has 2 rings (SSSR count). The number of hydrogen-bond acceptors (Lipinski definition) is 2. The van der Waals surface area contributed by atoms with E-state index in [0.29, 0.717) is 5.92 Å². The largest absolute Gasteiger partial charge is 0.338 e. The minimum absolute atomic E-state index is 0.139. The molecule has 1 N–H and O–H groups in total. The molecule has 3 nitrogen and oxygen atoms in total. The molecule has 1 unspecified atom stereocenters. The summed E-state index contributed by atoms with van der Waals surface area (Å²) in [7, 11) is 1.96. The number of amides is 1. The molecule has 1 fully saturated rings. The number of likely N-dealkylation sites (tertiary alicyclic amines) is 1. The van der Waals surface area contributed by atoms with Crippen LogP contribution >= 0.6 is 15.9 Å². The maximum Gasteiger partial charge on any atom is 0.255 e. The predicted octanol–water partition coefficient (Wildman–Crippen LogP) is 2.44. The number of benzene rings is 1. The molecule has 1 aliphatic rings. The third-order valence-corrected chi connectivity index (χ3v) is 4.08. The van der Waals surface area contributed by atoms with Gasteiger partial charge in [0.15, 0.2) is 0 Å². The lowest BCUT2D eigenvalue weighted by atomic mass is 10.1. The van der Waals surface area contributed by atoms with E-state index in [1.165, 1.54) is 0 Å². The van der Waals surface area contributed by atoms with E-state index in [0.717, 1.165) is 41.7 Å². The molecule has 1 aromatic rings. The van der Waals surface area contributed by atoms with E-state index in [4.69, 9.17) is 0 Å². The van der Waals surface area contributed by atoms with Gasteiger partial charge < -0.3 is 10.2 Å². The zero-order chi connectivity index (χ0) is 13.1. The monoisotopic (exact) mass is 310 g/mol. The van der Waals surface area contributed by atoms with Crippen molar-refractivity contribution in [1.29, 1.82) is 0 Å². The van der Waals surface area contributed by atoms with Crippen molar-refractivity contribution in [2.45, 2.75) is 13.3 Å². The van der Waals surface area contributed by atoms with Gasteiger partial charge in [-0.25, -0.2) is 0 Å². The van der Waals surface area contributed by atoms with Gasteiger partial charge in [-0.15, -0.1) is 0 Å². The van der Waals surface area contributed by atoms with Crippen molar-refractivity contribution in [3.8, 4) is 0 Å². The molecule has 0 aromatic heterocycles. The molecule has 1 amide bonds. The van der Waals surface area contributed by atoms with E-state index in [1.54, 1.807) is 0 Å². The van der Waals surface area contributed by atoms with Crippen LogP contribution in [0.15, 0.2) is 22.7 Å². The molecule has 0 radical (unpaired) electrons. The summed E-state index contributed by atoms with van der Waals surface area (Å²) in [5.41, 5.74) is 1.93. The first-order valence-corrected chi connectivity index (χ1v) is 7.11. The van der Waals surface area contributed by atoms with Gasteiger partial charge in [0.25, 0.3) is 5.91 Å². The van der Waals surface area contributed by atoms with Gasteiger partial charge in [0.1, 0.15) is 0 Å². The molecule has 98 valence electrons. The number of nitrogens with one attached hydrogen (secondary N) is 1. The van der Waals surface area contributed by atoms with Crippen molar-refractivity contribution in [1.82, 2.24) is 10.2 Å². The fourth-order valence-electron chi connectivity index (χ4n) is 2.44. The second kappa shape index (κ2) is 5.85. The van der Waals surface area contributed by atoms with Crippen molar-refractivity contribution in [3.63, 3.8) is 0 Å². The van der Waals surface area contributed by atoms with Crippen LogP contribution in [0, 0.1) is 12.8 Å². The number of aryl methyl sites for hydroxylation is 1. The molecule has 18 heavy (non-hydrogen) atoms. The molecule has 1 heterocycles. The second-order valence-electron chi connectivity index (χ2n) is 4.95. The zero-order valence-electron chi connectivity index (χ0n) is 10.9. The lowest BCUT2D eigenvalue weighted by Gasteiger charge is -2.17. The second-order valence-corrected chi connectivity index (χ2v) is 5.80. The van der Waals surface area contributed by atoms with Gasteiger partial charge in [-0.1, -0.05) is 6.07 Å². The number of nitrogens with zero attached hydrogens (tertiary/aromatic N) is 1. The quantitative estimate of drug-likeness (QED) is 0.930. The molecule has 1 atom stereocenters. The van der Waals surface area contributed by atoms with Crippen molar-refractivity contribution in [2.24, 2.45) is 5.92 Å². The molecule has 0 spiro atoms. The van der Waals surface area contributed by atoms with Crippen LogP contribution in [-0.2, 0) is 0 Å². The Kier molecular flexibility index (Phi) is 4.40. The summed E-state index contributed by atoms with van der Waals surface area (Å²) in [5.74, 6) is 0.726. The first-order valence-electron chi connectivity index (χ1n) is 6.32. The fraction of sp³-hybridized carbons (Fsp3) is 0.500. The van der Waals surface area contributed by atoms with Crippen LogP contribution in [0.5, 0.6) is 0 Å². The highest BCUT2D eigenvalue weighted by atomic mass is 79.9. The van der Waals surface area contributed by atoms with Gasteiger partial charge in [-0.2, -0.15) is 0 Å². The van der Waals surface area contributed by atoms with Gasteiger partial charge in [-0.05, 0) is 66.5 Å². The topological polar surface area (TPSA) is 32.3 Å². The first-order chi connectivity index (χ1) is 8.61. The normalized spacial score (nSPS) is 19.3. The lowest BCUT2D eigenvalue weighted by molar-refractivity contribution is 0.0786. The Morgan fingerprint density at radius 3 is 3.00 bits per heavy atom. The van der Waals surface area contributed by atoms with E-state index in [1.807, 2.05) is 37.1 Å². The minimum atomic E-state index is 0.139. The van der Waals surface area contributed by atoms with Gasteiger partial charge in [-0.3, -0.25) is 4.79 Å². The zero-order valence-corrected chi connectivity index (χ0v) is 12.5. The summed E-state index contributed by atoms with van der Waals surface area (Å²) in [4.78, 5) is 14.4. The van der Waals surface area contributed by atoms with Crippen molar-refractivity contribution < 1.29 is 4.79 Å². The van der Waals surface area contributed by atoms with Gasteiger partial charge >= 0.3 is 0 Å². The lowest BCUT2D eigenvalue weighted by Crippen LogP contribution is -2.30.